The van der Waals surface area contributed by atoms with Gasteiger partial charge in [-0.15, -0.1) is 10.2 Å². The van der Waals surface area contributed by atoms with Crippen LogP contribution in [0.2, 0.25) is 5.15 Å². The number of nitrogens with zero attached hydrogens (tertiary/aromatic N) is 2. The highest BCUT2D eigenvalue weighted by molar-refractivity contribution is 6.34. The van der Waals surface area contributed by atoms with Crippen LogP contribution in [0.25, 0.3) is 10.8 Å². The molecule has 1 heterocycles. The summed E-state index contributed by atoms with van der Waals surface area (Å²) < 4.78 is 13.1. The van der Waals surface area contributed by atoms with Gasteiger partial charge in [-0.1, -0.05) is 48.0 Å². The van der Waals surface area contributed by atoms with Gasteiger partial charge >= 0.3 is 0 Å². The van der Waals surface area contributed by atoms with E-state index in [9.17, 15) is 4.39 Å². The zero-order valence-electron chi connectivity index (χ0n) is 11.2. The SMILES string of the molecule is Fc1cccc(CCNc2nnc(Cl)c3ccccc23)c1. The molecule has 5 heteroatoms. The molecule has 0 bridgehead atoms. The monoisotopic (exact) mass is 301 g/mol. The van der Waals surface area contributed by atoms with Gasteiger partial charge in [-0.05, 0) is 24.1 Å². The Morgan fingerprint density at radius 2 is 1.81 bits per heavy atom. The van der Waals surface area contributed by atoms with Crippen LogP contribution in [-0.2, 0) is 6.42 Å². The fraction of sp³-hybridized carbons (Fsp3) is 0.125. The van der Waals surface area contributed by atoms with Crippen LogP contribution in [-0.4, -0.2) is 16.7 Å². The molecule has 21 heavy (non-hydrogen) atoms. The third-order valence-corrected chi connectivity index (χ3v) is 3.52. The fourth-order valence-corrected chi connectivity index (χ4v) is 2.42. The highest BCUT2D eigenvalue weighted by atomic mass is 35.5. The lowest BCUT2D eigenvalue weighted by Gasteiger charge is -2.08. The zero-order chi connectivity index (χ0) is 14.7. The lowest BCUT2D eigenvalue weighted by molar-refractivity contribution is 0.625. The maximum Gasteiger partial charge on any atom is 0.159 e. The van der Waals surface area contributed by atoms with Gasteiger partial charge in [-0.3, -0.25) is 0 Å². The topological polar surface area (TPSA) is 37.8 Å². The lowest BCUT2D eigenvalue weighted by atomic mass is 10.1. The number of halogens is 2. The van der Waals surface area contributed by atoms with Crippen molar-refractivity contribution in [3.8, 4) is 0 Å². The van der Waals surface area contributed by atoms with E-state index < -0.39 is 0 Å². The molecule has 0 unspecified atom stereocenters. The lowest BCUT2D eigenvalue weighted by Crippen LogP contribution is -2.07. The molecule has 0 radical (unpaired) electrons. The van der Waals surface area contributed by atoms with Crippen molar-refractivity contribution in [3.63, 3.8) is 0 Å². The van der Waals surface area contributed by atoms with Crippen molar-refractivity contribution in [2.75, 3.05) is 11.9 Å². The smallest absolute Gasteiger partial charge is 0.159 e. The maximum absolute atomic E-state index is 13.1. The summed E-state index contributed by atoms with van der Waals surface area (Å²) >= 11 is 6.03. The van der Waals surface area contributed by atoms with Gasteiger partial charge in [0.2, 0.25) is 0 Å². The van der Waals surface area contributed by atoms with Gasteiger partial charge in [0, 0.05) is 17.3 Å². The van der Waals surface area contributed by atoms with Gasteiger partial charge in [-0.25, -0.2) is 4.39 Å². The average Bonchev–Trinajstić information content (AvgIpc) is 2.50. The van der Waals surface area contributed by atoms with E-state index >= 15 is 0 Å². The number of aromatic nitrogens is 2. The number of rotatable bonds is 4. The van der Waals surface area contributed by atoms with Gasteiger partial charge < -0.3 is 5.32 Å². The minimum Gasteiger partial charge on any atom is -0.368 e. The van der Waals surface area contributed by atoms with Crippen molar-refractivity contribution >= 4 is 28.2 Å². The van der Waals surface area contributed by atoms with E-state index in [1.807, 2.05) is 30.3 Å². The van der Waals surface area contributed by atoms with Crippen LogP contribution in [0.15, 0.2) is 48.5 Å². The predicted octanol–water partition coefficient (Wildman–Crippen LogP) is 4.08. The fourth-order valence-electron chi connectivity index (χ4n) is 2.22. The number of hydrogen-bond acceptors (Lipinski definition) is 3. The largest absolute Gasteiger partial charge is 0.368 e. The van der Waals surface area contributed by atoms with E-state index in [1.165, 1.54) is 12.1 Å². The van der Waals surface area contributed by atoms with Crippen molar-refractivity contribution in [1.82, 2.24) is 10.2 Å². The van der Waals surface area contributed by atoms with Gasteiger partial charge in [-0.2, -0.15) is 0 Å². The summed E-state index contributed by atoms with van der Waals surface area (Å²) in [4.78, 5) is 0. The van der Waals surface area contributed by atoms with E-state index in [1.54, 1.807) is 6.07 Å². The summed E-state index contributed by atoms with van der Waals surface area (Å²) in [5.74, 6) is 0.468. The molecule has 0 amide bonds. The number of nitrogens with one attached hydrogen (secondary N) is 1. The molecule has 0 aliphatic carbocycles. The van der Waals surface area contributed by atoms with Crippen LogP contribution in [0, 0.1) is 5.82 Å². The van der Waals surface area contributed by atoms with Crippen molar-refractivity contribution in [2.45, 2.75) is 6.42 Å². The van der Waals surface area contributed by atoms with Crippen LogP contribution < -0.4 is 5.32 Å². The van der Waals surface area contributed by atoms with E-state index in [0.717, 1.165) is 16.3 Å². The van der Waals surface area contributed by atoms with E-state index in [2.05, 4.69) is 15.5 Å². The molecule has 0 saturated heterocycles. The highest BCUT2D eigenvalue weighted by Gasteiger charge is 2.06. The summed E-state index contributed by atoms with van der Waals surface area (Å²) in [6.07, 6.45) is 0.705. The minimum absolute atomic E-state index is 0.218. The quantitative estimate of drug-likeness (QED) is 0.789. The normalized spacial score (nSPS) is 10.8. The second-order valence-corrected chi connectivity index (χ2v) is 5.05. The molecule has 3 nitrogen and oxygen atoms in total. The molecule has 106 valence electrons. The molecule has 0 fully saturated rings. The van der Waals surface area contributed by atoms with Gasteiger partial charge in [0.25, 0.3) is 0 Å². The van der Waals surface area contributed by atoms with Crippen LogP contribution in [0.5, 0.6) is 0 Å². The molecule has 2 aromatic carbocycles. The Morgan fingerprint density at radius 1 is 1.00 bits per heavy atom. The minimum atomic E-state index is -0.218. The second kappa shape index (κ2) is 6.06. The average molecular weight is 302 g/mol. The summed E-state index contributed by atoms with van der Waals surface area (Å²) in [5, 5.41) is 13.4. The first-order valence-electron chi connectivity index (χ1n) is 6.63. The molecule has 0 spiro atoms. The Balaban J connectivity index is 1.75. The third-order valence-electron chi connectivity index (χ3n) is 3.24. The Bertz CT molecular complexity index is 776. The van der Waals surface area contributed by atoms with Crippen LogP contribution >= 0.6 is 11.6 Å². The molecule has 0 aliphatic rings. The standard InChI is InChI=1S/C16H13ClFN3/c17-15-13-6-1-2-7-14(13)16(21-20-15)19-9-8-11-4-3-5-12(18)10-11/h1-7,10H,8-9H2,(H,19,21). The van der Waals surface area contributed by atoms with Gasteiger partial charge in [0.15, 0.2) is 11.0 Å². The summed E-state index contributed by atoms with van der Waals surface area (Å²) in [7, 11) is 0. The molecular weight excluding hydrogens is 289 g/mol. The highest BCUT2D eigenvalue weighted by Crippen LogP contribution is 2.25. The molecule has 0 atom stereocenters. The Kier molecular flexibility index (Phi) is 3.97. The second-order valence-electron chi connectivity index (χ2n) is 4.69. The molecular formula is C16H13ClFN3. The van der Waals surface area contributed by atoms with E-state index in [4.69, 9.17) is 11.6 Å². The molecule has 1 aromatic heterocycles. The van der Waals surface area contributed by atoms with Crippen molar-refractivity contribution in [1.29, 1.82) is 0 Å². The van der Waals surface area contributed by atoms with Gasteiger partial charge in [0.05, 0.1) is 0 Å². The first-order chi connectivity index (χ1) is 10.2. The summed E-state index contributed by atoms with van der Waals surface area (Å²) in [5.41, 5.74) is 0.939. The Morgan fingerprint density at radius 3 is 2.62 bits per heavy atom. The van der Waals surface area contributed by atoms with Crippen LogP contribution in [0.4, 0.5) is 10.2 Å². The number of hydrogen-bond donors (Lipinski definition) is 1. The first kappa shape index (κ1) is 13.8. The number of anilines is 1. The van der Waals surface area contributed by atoms with Gasteiger partial charge in [0.1, 0.15) is 5.82 Å². The maximum atomic E-state index is 13.1. The van der Waals surface area contributed by atoms with Crippen molar-refractivity contribution in [2.24, 2.45) is 0 Å². The van der Waals surface area contributed by atoms with Crippen LogP contribution in [0.1, 0.15) is 5.56 Å². The molecule has 3 rings (SSSR count). The Hall–Kier alpha value is -2.20. The predicted molar refractivity (Wildman–Crippen MR) is 83.1 cm³/mol. The number of fused-ring (bicyclic) bond motifs is 1. The number of benzene rings is 2. The molecule has 3 aromatic rings. The Labute approximate surface area is 126 Å². The molecule has 0 aliphatic heterocycles. The van der Waals surface area contributed by atoms with Crippen molar-refractivity contribution in [3.05, 3.63) is 65.1 Å². The third kappa shape index (κ3) is 3.11. The van der Waals surface area contributed by atoms with E-state index in [0.29, 0.717) is 23.9 Å². The molecule has 0 saturated carbocycles. The molecule has 1 N–H and O–H groups in total. The summed E-state index contributed by atoms with van der Waals surface area (Å²) in [6.45, 7) is 0.643. The zero-order valence-corrected chi connectivity index (χ0v) is 11.9. The first-order valence-corrected chi connectivity index (χ1v) is 7.01. The van der Waals surface area contributed by atoms with E-state index in [-0.39, 0.29) is 5.82 Å². The van der Waals surface area contributed by atoms with Crippen molar-refractivity contribution < 1.29 is 4.39 Å². The summed E-state index contributed by atoms with van der Waals surface area (Å²) in [6, 6.07) is 14.3. The van der Waals surface area contributed by atoms with Crippen LogP contribution in [0.3, 0.4) is 0 Å².